The summed E-state index contributed by atoms with van der Waals surface area (Å²) < 4.78 is 10.8. The van der Waals surface area contributed by atoms with Crippen LogP contribution in [0.3, 0.4) is 0 Å². The van der Waals surface area contributed by atoms with Crippen molar-refractivity contribution in [3.8, 4) is 11.5 Å². The summed E-state index contributed by atoms with van der Waals surface area (Å²) >= 11 is 0. The fourth-order valence-corrected chi connectivity index (χ4v) is 2.22. The Labute approximate surface area is 156 Å². The number of rotatable bonds is 8. The van der Waals surface area contributed by atoms with Gasteiger partial charge in [0.1, 0.15) is 0 Å². The maximum absolute atomic E-state index is 11.8. The molecule has 0 aliphatic heterocycles. The van der Waals surface area contributed by atoms with Gasteiger partial charge in [-0.05, 0) is 32.0 Å². The number of hydrogen-bond donors (Lipinski definition) is 2. The monoisotopic (exact) mass is 372 g/mol. The summed E-state index contributed by atoms with van der Waals surface area (Å²) in [5.41, 5.74) is 3.05. The molecular weight excluding hydrogens is 352 g/mol. The van der Waals surface area contributed by atoms with Crippen molar-refractivity contribution in [1.82, 2.24) is 5.43 Å². The van der Waals surface area contributed by atoms with Crippen LogP contribution in [0.5, 0.6) is 11.5 Å². The highest BCUT2D eigenvalue weighted by atomic mass is 16.6. The topological polar surface area (TPSA) is 115 Å². The van der Waals surface area contributed by atoms with E-state index in [1.54, 1.807) is 44.2 Å². The lowest BCUT2D eigenvalue weighted by Gasteiger charge is -2.11. The Morgan fingerprint density at radius 3 is 2.52 bits per heavy atom. The maximum Gasteiger partial charge on any atom is 0.339 e. The molecule has 2 amide bonds. The van der Waals surface area contributed by atoms with E-state index in [1.165, 1.54) is 12.3 Å². The number of benzene rings is 2. The van der Waals surface area contributed by atoms with Gasteiger partial charge >= 0.3 is 11.7 Å². The molecule has 142 valence electrons. The molecule has 0 heterocycles. The lowest BCUT2D eigenvalue weighted by atomic mass is 10.2. The number of nitrogens with one attached hydrogen (secondary N) is 2. The Morgan fingerprint density at radius 2 is 1.89 bits per heavy atom. The average Bonchev–Trinajstić information content (AvgIpc) is 2.64. The first kappa shape index (κ1) is 19.7. The van der Waals surface area contributed by atoms with Crippen LogP contribution in [-0.2, 0) is 0 Å². The van der Waals surface area contributed by atoms with Crippen LogP contribution in [0.25, 0.3) is 0 Å². The first-order chi connectivity index (χ1) is 13.0. The third kappa shape index (κ3) is 5.70. The molecule has 9 heteroatoms. The quantitative estimate of drug-likeness (QED) is 0.418. The number of nitrogens with zero attached hydrogens (tertiary/aromatic N) is 2. The predicted octanol–water partition coefficient (Wildman–Crippen LogP) is 3.55. The zero-order chi connectivity index (χ0) is 19.6. The highest BCUT2D eigenvalue weighted by Gasteiger charge is 2.22. The Balaban J connectivity index is 2.15. The van der Waals surface area contributed by atoms with Crippen LogP contribution in [0, 0.1) is 10.1 Å². The zero-order valence-corrected chi connectivity index (χ0v) is 15.0. The van der Waals surface area contributed by atoms with E-state index in [4.69, 9.17) is 9.47 Å². The number of carbonyl (C=O) groups is 1. The predicted molar refractivity (Wildman–Crippen MR) is 102 cm³/mol. The molecule has 0 aliphatic rings. The summed E-state index contributed by atoms with van der Waals surface area (Å²) in [6.07, 6.45) is 1.29. The van der Waals surface area contributed by atoms with Crippen LogP contribution in [-0.4, -0.2) is 30.4 Å². The van der Waals surface area contributed by atoms with Gasteiger partial charge in [-0.3, -0.25) is 10.1 Å². The van der Waals surface area contributed by atoms with Gasteiger partial charge in [-0.2, -0.15) is 5.10 Å². The molecule has 2 N–H and O–H groups in total. The van der Waals surface area contributed by atoms with Crippen molar-refractivity contribution < 1.29 is 19.2 Å². The average molecular weight is 372 g/mol. The number of nitro groups is 1. The molecule has 0 unspecified atom stereocenters. The van der Waals surface area contributed by atoms with Crippen LogP contribution in [0.15, 0.2) is 47.6 Å². The fourth-order valence-electron chi connectivity index (χ4n) is 2.22. The highest BCUT2D eigenvalue weighted by Crippen LogP contribution is 2.38. The lowest BCUT2D eigenvalue weighted by molar-refractivity contribution is -0.385. The zero-order valence-electron chi connectivity index (χ0n) is 15.0. The van der Waals surface area contributed by atoms with Gasteiger partial charge in [0.15, 0.2) is 5.75 Å². The molecule has 2 aromatic rings. The van der Waals surface area contributed by atoms with E-state index in [-0.39, 0.29) is 23.8 Å². The van der Waals surface area contributed by atoms with Gasteiger partial charge in [0, 0.05) is 17.3 Å². The van der Waals surface area contributed by atoms with Crippen molar-refractivity contribution in [1.29, 1.82) is 0 Å². The Kier molecular flexibility index (Phi) is 7.12. The number of hydrogen-bond acceptors (Lipinski definition) is 6. The number of amides is 2. The molecule has 0 saturated carbocycles. The summed E-state index contributed by atoms with van der Waals surface area (Å²) in [7, 11) is 0. The minimum atomic E-state index is -0.555. The van der Waals surface area contributed by atoms with Crippen molar-refractivity contribution in [3.05, 3.63) is 58.1 Å². The van der Waals surface area contributed by atoms with Gasteiger partial charge in [-0.1, -0.05) is 18.2 Å². The SMILES string of the molecule is CCOc1cc(/C=N/NC(=O)Nc2ccccc2)cc([N+](=O)[O-])c1OCC. The fraction of sp³-hybridized carbons (Fsp3) is 0.222. The minimum absolute atomic E-state index is 0.0660. The molecule has 0 saturated heterocycles. The third-order valence-electron chi connectivity index (χ3n) is 3.25. The molecule has 2 rings (SSSR count). The Hall–Kier alpha value is -3.62. The van der Waals surface area contributed by atoms with Gasteiger partial charge in [0.2, 0.25) is 5.75 Å². The van der Waals surface area contributed by atoms with Gasteiger partial charge in [0.25, 0.3) is 0 Å². The molecule has 0 atom stereocenters. The van der Waals surface area contributed by atoms with Gasteiger partial charge in [-0.25, -0.2) is 10.2 Å². The number of nitro benzene ring substituents is 1. The maximum atomic E-state index is 11.8. The molecule has 0 spiro atoms. The smallest absolute Gasteiger partial charge is 0.339 e. The molecule has 0 fully saturated rings. The second kappa shape index (κ2) is 9.76. The van der Waals surface area contributed by atoms with Crippen LogP contribution >= 0.6 is 0 Å². The molecule has 27 heavy (non-hydrogen) atoms. The highest BCUT2D eigenvalue weighted by molar-refractivity contribution is 5.90. The molecule has 9 nitrogen and oxygen atoms in total. The first-order valence-electron chi connectivity index (χ1n) is 8.28. The first-order valence-corrected chi connectivity index (χ1v) is 8.28. The van der Waals surface area contributed by atoms with Crippen molar-refractivity contribution >= 4 is 23.6 Å². The molecule has 0 aliphatic carbocycles. The minimum Gasteiger partial charge on any atom is -0.490 e. The van der Waals surface area contributed by atoms with E-state index in [2.05, 4.69) is 15.8 Å². The lowest BCUT2D eigenvalue weighted by Crippen LogP contribution is -2.24. The molecule has 0 radical (unpaired) electrons. The normalized spacial score (nSPS) is 10.4. The van der Waals surface area contributed by atoms with Crippen LogP contribution in [0.2, 0.25) is 0 Å². The number of carbonyl (C=O) groups excluding carboxylic acids is 1. The van der Waals surface area contributed by atoms with Gasteiger partial charge in [-0.15, -0.1) is 0 Å². The van der Waals surface area contributed by atoms with E-state index in [0.29, 0.717) is 17.9 Å². The summed E-state index contributed by atoms with van der Waals surface area (Å²) in [5, 5.41) is 17.7. The van der Waals surface area contributed by atoms with E-state index in [0.717, 1.165) is 0 Å². The molecular formula is C18H20N4O5. The molecule has 0 bridgehead atoms. The van der Waals surface area contributed by atoms with E-state index in [9.17, 15) is 14.9 Å². The van der Waals surface area contributed by atoms with Crippen LogP contribution in [0.1, 0.15) is 19.4 Å². The Morgan fingerprint density at radius 1 is 1.19 bits per heavy atom. The number of para-hydroxylation sites is 1. The summed E-state index contributed by atoms with van der Waals surface area (Å²) in [4.78, 5) is 22.6. The largest absolute Gasteiger partial charge is 0.490 e. The van der Waals surface area contributed by atoms with Crippen molar-refractivity contribution in [2.45, 2.75) is 13.8 Å². The second-order valence-corrected chi connectivity index (χ2v) is 5.18. The molecule has 0 aromatic heterocycles. The summed E-state index contributed by atoms with van der Waals surface area (Å²) in [6, 6.07) is 11.2. The van der Waals surface area contributed by atoms with Crippen LogP contribution in [0.4, 0.5) is 16.2 Å². The van der Waals surface area contributed by atoms with E-state index >= 15 is 0 Å². The summed E-state index contributed by atoms with van der Waals surface area (Å²) in [5.74, 6) is 0.306. The van der Waals surface area contributed by atoms with Crippen molar-refractivity contribution in [2.24, 2.45) is 5.10 Å². The number of hydrazone groups is 1. The standard InChI is InChI=1S/C18H20N4O5/c1-3-26-16-11-13(10-15(22(24)25)17(16)27-4-2)12-19-21-18(23)20-14-8-6-5-7-9-14/h5-12H,3-4H2,1-2H3,(H2,20,21,23)/b19-12+. The van der Waals surface area contributed by atoms with Crippen molar-refractivity contribution in [2.75, 3.05) is 18.5 Å². The number of anilines is 1. The van der Waals surface area contributed by atoms with Gasteiger partial charge in [0.05, 0.1) is 24.4 Å². The summed E-state index contributed by atoms with van der Waals surface area (Å²) in [6.45, 7) is 4.06. The second-order valence-electron chi connectivity index (χ2n) is 5.18. The number of urea groups is 1. The van der Waals surface area contributed by atoms with Crippen LogP contribution < -0.4 is 20.2 Å². The third-order valence-corrected chi connectivity index (χ3v) is 3.25. The number of ether oxygens (including phenoxy) is 2. The van der Waals surface area contributed by atoms with E-state index < -0.39 is 11.0 Å². The van der Waals surface area contributed by atoms with E-state index in [1.807, 2.05) is 6.07 Å². The Bertz CT molecular complexity index is 824. The molecule has 2 aromatic carbocycles. The van der Waals surface area contributed by atoms with Gasteiger partial charge < -0.3 is 14.8 Å². The van der Waals surface area contributed by atoms with Crippen molar-refractivity contribution in [3.63, 3.8) is 0 Å².